The molecule has 0 aliphatic heterocycles. The molecule has 3 amide bonds. The summed E-state index contributed by atoms with van der Waals surface area (Å²) < 4.78 is 4.97. The van der Waals surface area contributed by atoms with Gasteiger partial charge in [0.05, 0.1) is 32.2 Å². The van der Waals surface area contributed by atoms with Crippen LogP contribution in [0.2, 0.25) is 0 Å². The maximum atomic E-state index is 12.2. The summed E-state index contributed by atoms with van der Waals surface area (Å²) in [5, 5.41) is 42.3. The summed E-state index contributed by atoms with van der Waals surface area (Å²) in [5.41, 5.74) is 10.9. The number of nitrogens with one attached hydrogen (secondary N) is 5. The lowest BCUT2D eigenvalue weighted by atomic mass is 10.1. The van der Waals surface area contributed by atoms with Gasteiger partial charge in [0.25, 0.3) is 0 Å². The van der Waals surface area contributed by atoms with Gasteiger partial charge in [-0.3, -0.25) is 29.4 Å². The van der Waals surface area contributed by atoms with Crippen molar-refractivity contribution < 1.29 is 48.8 Å². The molecule has 0 aliphatic rings. The molecule has 0 aliphatic carbocycles. The molecule has 0 aromatic carbocycles. The van der Waals surface area contributed by atoms with Crippen LogP contribution in [0.1, 0.15) is 19.8 Å². The van der Waals surface area contributed by atoms with Gasteiger partial charge in [0, 0.05) is 13.3 Å². The molecular weight excluding hydrogens is 462 g/mol. The van der Waals surface area contributed by atoms with Crippen LogP contribution in [-0.2, 0) is 33.5 Å². The van der Waals surface area contributed by atoms with Gasteiger partial charge < -0.3 is 52.8 Å². The summed E-state index contributed by atoms with van der Waals surface area (Å²) in [6, 6.07) is -4.68. The van der Waals surface area contributed by atoms with Crippen LogP contribution in [0.3, 0.4) is 0 Å². The van der Waals surface area contributed by atoms with E-state index in [-0.39, 0.29) is 13.0 Å². The number of aliphatic hydroxyl groups is 1. The van der Waals surface area contributed by atoms with Gasteiger partial charge in [-0.15, -0.1) is 0 Å². The predicted octanol–water partition coefficient (Wildman–Crippen LogP) is -5.24. The third-order valence-corrected chi connectivity index (χ3v) is 3.96. The number of rotatable bonds is 15. The van der Waals surface area contributed by atoms with Crippen molar-refractivity contribution in [2.75, 3.05) is 19.7 Å². The summed E-state index contributed by atoms with van der Waals surface area (Å²) in [7, 11) is 0. The molecule has 1 unspecified atom stereocenters. The number of aliphatic hydroxyl groups excluding tert-OH is 1. The normalized spacial score (nSPS) is 13.9. The number of aliphatic carboxylic acids is 2. The van der Waals surface area contributed by atoms with E-state index in [0.29, 0.717) is 0 Å². The van der Waals surface area contributed by atoms with E-state index in [4.69, 9.17) is 36.9 Å². The second-order valence-electron chi connectivity index (χ2n) is 6.89. The number of amides is 3. The van der Waals surface area contributed by atoms with Crippen molar-refractivity contribution in [3.63, 3.8) is 0 Å². The molecule has 4 atom stereocenters. The number of nitrogens with two attached hydrogens (primary N) is 2. The van der Waals surface area contributed by atoms with E-state index in [9.17, 15) is 28.8 Å². The minimum absolute atomic E-state index is 0.104. The average Bonchev–Trinajstić information content (AvgIpc) is 2.72. The van der Waals surface area contributed by atoms with Gasteiger partial charge in [-0.2, -0.15) is 0 Å². The first-order valence-electron chi connectivity index (χ1n) is 9.70. The van der Waals surface area contributed by atoms with Gasteiger partial charge in [0.15, 0.2) is 5.96 Å². The smallest absolute Gasteiger partial charge is 0.328 e. The number of carbonyl (C=O) groups is 6. The first kappa shape index (κ1) is 30.0. The molecular formula is C17H29N7O10. The fraction of sp³-hybridized carbons (Fsp3) is 0.588. The highest BCUT2D eigenvalue weighted by atomic mass is 16.5. The SMILES string of the molecule is CC(=O)OC(CNC(=N)N)C[C@H](N)C(=O)NCC(=O)N[C@@H](CC(=O)O)C(=O)N[C@@H](CO)C(=O)O. The molecule has 17 heteroatoms. The van der Waals surface area contributed by atoms with Gasteiger partial charge >= 0.3 is 17.9 Å². The molecule has 12 N–H and O–H groups in total. The molecule has 0 rings (SSSR count). The van der Waals surface area contributed by atoms with Crippen molar-refractivity contribution in [3.05, 3.63) is 0 Å². The van der Waals surface area contributed by atoms with E-state index in [0.717, 1.165) is 6.92 Å². The third kappa shape index (κ3) is 12.8. The number of ether oxygens (including phenoxy) is 1. The Morgan fingerprint density at radius 1 is 1.00 bits per heavy atom. The quantitative estimate of drug-likeness (QED) is 0.0582. The molecule has 0 aromatic rings. The van der Waals surface area contributed by atoms with Gasteiger partial charge in [-0.25, -0.2) is 4.79 Å². The largest absolute Gasteiger partial charge is 0.481 e. The van der Waals surface area contributed by atoms with Crippen LogP contribution in [0.15, 0.2) is 0 Å². The Balaban J connectivity index is 4.92. The lowest BCUT2D eigenvalue weighted by molar-refractivity contribution is -0.147. The molecule has 0 saturated heterocycles. The Morgan fingerprint density at radius 2 is 1.62 bits per heavy atom. The minimum Gasteiger partial charge on any atom is -0.481 e. The molecule has 0 bridgehead atoms. The van der Waals surface area contributed by atoms with Crippen molar-refractivity contribution in [1.82, 2.24) is 21.3 Å². The summed E-state index contributed by atoms with van der Waals surface area (Å²) in [5.74, 6) is -7.16. The summed E-state index contributed by atoms with van der Waals surface area (Å²) in [6.07, 6.45) is -2.03. The molecule has 0 radical (unpaired) electrons. The van der Waals surface area contributed by atoms with Crippen LogP contribution >= 0.6 is 0 Å². The van der Waals surface area contributed by atoms with Gasteiger partial charge in [-0.1, -0.05) is 0 Å². The van der Waals surface area contributed by atoms with Crippen molar-refractivity contribution in [1.29, 1.82) is 5.41 Å². The number of esters is 1. The molecule has 0 heterocycles. The van der Waals surface area contributed by atoms with E-state index >= 15 is 0 Å². The molecule has 192 valence electrons. The molecule has 0 fully saturated rings. The van der Waals surface area contributed by atoms with Gasteiger partial charge in [-0.05, 0) is 0 Å². The Kier molecular flexibility index (Phi) is 13.2. The van der Waals surface area contributed by atoms with E-state index in [1.165, 1.54) is 0 Å². The van der Waals surface area contributed by atoms with E-state index < -0.39 is 85.4 Å². The highest BCUT2D eigenvalue weighted by Crippen LogP contribution is 2.02. The van der Waals surface area contributed by atoms with Gasteiger partial charge in [0.1, 0.15) is 18.2 Å². The second kappa shape index (κ2) is 15.0. The predicted molar refractivity (Wildman–Crippen MR) is 112 cm³/mol. The van der Waals surface area contributed by atoms with Crippen molar-refractivity contribution >= 4 is 41.6 Å². The highest BCUT2D eigenvalue weighted by molar-refractivity contribution is 5.94. The maximum Gasteiger partial charge on any atom is 0.328 e. The number of carboxylic acid groups (broad SMARTS) is 2. The Labute approximate surface area is 193 Å². The van der Waals surface area contributed by atoms with Crippen molar-refractivity contribution in [2.24, 2.45) is 11.5 Å². The molecule has 0 spiro atoms. The first-order valence-corrected chi connectivity index (χ1v) is 9.70. The lowest BCUT2D eigenvalue weighted by Crippen LogP contribution is -2.55. The zero-order chi connectivity index (χ0) is 26.4. The van der Waals surface area contributed by atoms with E-state index in [1.807, 2.05) is 10.6 Å². The van der Waals surface area contributed by atoms with Gasteiger partial charge in [0.2, 0.25) is 17.7 Å². The van der Waals surface area contributed by atoms with Crippen LogP contribution in [0.25, 0.3) is 0 Å². The Bertz CT molecular complexity index is 791. The zero-order valence-corrected chi connectivity index (χ0v) is 18.2. The minimum atomic E-state index is -1.72. The first-order chi connectivity index (χ1) is 15.8. The number of carbonyl (C=O) groups excluding carboxylic acids is 4. The molecule has 34 heavy (non-hydrogen) atoms. The van der Waals surface area contributed by atoms with Crippen LogP contribution in [-0.4, -0.2) is 101 Å². The molecule has 0 aromatic heterocycles. The van der Waals surface area contributed by atoms with Crippen LogP contribution < -0.4 is 32.7 Å². The summed E-state index contributed by atoms with van der Waals surface area (Å²) in [6.45, 7) is -0.672. The average molecular weight is 491 g/mol. The number of guanidine groups is 1. The molecule has 0 saturated carbocycles. The highest BCUT2D eigenvalue weighted by Gasteiger charge is 2.28. The number of carboxylic acids is 2. The second-order valence-corrected chi connectivity index (χ2v) is 6.89. The fourth-order valence-corrected chi connectivity index (χ4v) is 2.41. The van der Waals surface area contributed by atoms with E-state index in [1.54, 1.807) is 0 Å². The standard InChI is InChI=1S/C17H29N7O10/c1-7(26)34-8(4-22-17(19)20)2-9(18)14(30)21-5-12(27)23-10(3-13(28)29)15(31)24-11(6-25)16(32)33/h8-11,25H,2-6,18H2,1H3,(H,21,30)(H,23,27)(H,24,31)(H,28,29)(H,32,33)(H4,19,20,22)/t8?,9-,10-,11-/m0/s1. The van der Waals surface area contributed by atoms with Crippen LogP contribution in [0, 0.1) is 5.41 Å². The monoisotopic (exact) mass is 491 g/mol. The van der Waals surface area contributed by atoms with Crippen LogP contribution in [0.4, 0.5) is 0 Å². The number of hydrogen-bond acceptors (Lipinski definition) is 10. The van der Waals surface area contributed by atoms with E-state index in [2.05, 4.69) is 10.6 Å². The third-order valence-electron chi connectivity index (χ3n) is 3.96. The maximum absolute atomic E-state index is 12.2. The fourth-order valence-electron chi connectivity index (χ4n) is 2.41. The zero-order valence-electron chi connectivity index (χ0n) is 18.2. The van der Waals surface area contributed by atoms with Crippen molar-refractivity contribution in [3.8, 4) is 0 Å². The molecule has 17 nitrogen and oxygen atoms in total. The Morgan fingerprint density at radius 3 is 2.09 bits per heavy atom. The topological polar surface area (TPSA) is 296 Å². The van der Waals surface area contributed by atoms with Crippen molar-refractivity contribution in [2.45, 2.75) is 44.0 Å². The summed E-state index contributed by atoms with van der Waals surface area (Å²) in [4.78, 5) is 69.4. The van der Waals surface area contributed by atoms with Crippen LogP contribution in [0.5, 0.6) is 0 Å². The number of hydrogen-bond donors (Lipinski definition) is 10. The summed E-state index contributed by atoms with van der Waals surface area (Å²) >= 11 is 0. The lowest BCUT2D eigenvalue weighted by Gasteiger charge is -2.21. The Hall–Kier alpha value is -3.99.